The Hall–Kier alpha value is -3.90. The van der Waals surface area contributed by atoms with Crippen LogP contribution in [0.1, 0.15) is 23.9 Å². The van der Waals surface area contributed by atoms with Crippen molar-refractivity contribution in [1.82, 2.24) is 10.2 Å². The Labute approximate surface area is 196 Å². The van der Waals surface area contributed by atoms with E-state index in [1.807, 2.05) is 37.3 Å². The topological polar surface area (TPSA) is 106 Å². The lowest BCUT2D eigenvalue weighted by Crippen LogP contribution is -2.13. The van der Waals surface area contributed by atoms with Crippen molar-refractivity contribution in [3.63, 3.8) is 0 Å². The van der Waals surface area contributed by atoms with E-state index in [-0.39, 0.29) is 12.2 Å². The molecular formula is C24H24N4O4S. The van der Waals surface area contributed by atoms with Crippen molar-refractivity contribution in [3.8, 4) is 23.3 Å². The molecular weight excluding hydrogens is 440 g/mol. The first kappa shape index (κ1) is 23.8. The fraction of sp³-hybridized carbons (Fsp3) is 0.250. The molecule has 0 fully saturated rings. The van der Waals surface area contributed by atoms with E-state index in [0.29, 0.717) is 34.6 Å². The Morgan fingerprint density at radius 2 is 1.91 bits per heavy atom. The smallest absolute Gasteiger partial charge is 0.268 e. The van der Waals surface area contributed by atoms with Crippen molar-refractivity contribution < 1.29 is 19.0 Å². The Bertz CT molecular complexity index is 1150. The van der Waals surface area contributed by atoms with Gasteiger partial charge in [0.05, 0.1) is 7.11 Å². The van der Waals surface area contributed by atoms with Crippen LogP contribution in [0.5, 0.6) is 17.2 Å². The summed E-state index contributed by atoms with van der Waals surface area (Å²) in [7, 11) is 1.60. The molecule has 3 aromatic rings. The van der Waals surface area contributed by atoms with Crippen LogP contribution in [0.4, 0.5) is 5.13 Å². The monoisotopic (exact) mass is 464 g/mol. The molecule has 8 nitrogen and oxygen atoms in total. The van der Waals surface area contributed by atoms with Gasteiger partial charge in [-0.3, -0.25) is 10.1 Å². The normalized spacial score (nSPS) is 10.9. The number of aryl methyl sites for hydroxylation is 1. The van der Waals surface area contributed by atoms with Crippen molar-refractivity contribution in [2.24, 2.45) is 0 Å². The van der Waals surface area contributed by atoms with Crippen molar-refractivity contribution in [2.75, 3.05) is 25.6 Å². The molecule has 0 spiro atoms. The number of methoxy groups -OCH3 is 1. The van der Waals surface area contributed by atoms with E-state index in [1.165, 1.54) is 17.4 Å². The average Bonchev–Trinajstić information content (AvgIpc) is 3.28. The average molecular weight is 465 g/mol. The van der Waals surface area contributed by atoms with Gasteiger partial charge < -0.3 is 14.2 Å². The highest BCUT2D eigenvalue weighted by Gasteiger charge is 2.14. The van der Waals surface area contributed by atoms with Gasteiger partial charge in [0.2, 0.25) is 5.13 Å². The lowest BCUT2D eigenvalue weighted by atomic mass is 10.1. The van der Waals surface area contributed by atoms with E-state index in [1.54, 1.807) is 31.4 Å². The van der Waals surface area contributed by atoms with Crippen LogP contribution in [0.15, 0.2) is 54.1 Å². The van der Waals surface area contributed by atoms with Gasteiger partial charge in [0, 0.05) is 18.1 Å². The molecule has 3 rings (SSSR count). The third-order valence-electron chi connectivity index (χ3n) is 4.39. The lowest BCUT2D eigenvalue weighted by molar-refractivity contribution is -0.112. The van der Waals surface area contributed by atoms with Gasteiger partial charge in [-0.1, -0.05) is 42.5 Å². The number of nitrogens with zero attached hydrogens (tertiary/aromatic N) is 3. The molecule has 1 N–H and O–H groups in total. The number of anilines is 1. The molecule has 9 heteroatoms. The van der Waals surface area contributed by atoms with Gasteiger partial charge in [0.15, 0.2) is 0 Å². The third kappa shape index (κ3) is 7.05. The second kappa shape index (κ2) is 12.2. The highest BCUT2D eigenvalue weighted by Crippen LogP contribution is 2.23. The molecule has 0 aliphatic carbocycles. The summed E-state index contributed by atoms with van der Waals surface area (Å²) in [4.78, 5) is 12.6. The third-order valence-corrected chi connectivity index (χ3v) is 5.28. The molecule has 0 radical (unpaired) electrons. The maximum Gasteiger partial charge on any atom is 0.268 e. The highest BCUT2D eigenvalue weighted by atomic mass is 32.1. The first-order chi connectivity index (χ1) is 16.1. The van der Waals surface area contributed by atoms with Crippen molar-refractivity contribution in [2.45, 2.75) is 19.8 Å². The zero-order valence-electron chi connectivity index (χ0n) is 18.4. The number of para-hydroxylation sites is 1. The van der Waals surface area contributed by atoms with Crippen LogP contribution in [0.2, 0.25) is 0 Å². The van der Waals surface area contributed by atoms with Crippen LogP contribution in [-0.4, -0.2) is 36.4 Å². The number of ether oxygens (including phenoxy) is 3. The number of nitriles is 1. The van der Waals surface area contributed by atoms with Crippen LogP contribution in [0.25, 0.3) is 6.08 Å². The molecule has 0 saturated carbocycles. The first-order valence-corrected chi connectivity index (χ1v) is 11.2. The molecule has 0 unspecified atom stereocenters. The van der Waals surface area contributed by atoms with Crippen LogP contribution >= 0.6 is 11.3 Å². The van der Waals surface area contributed by atoms with Gasteiger partial charge in [-0.25, -0.2) is 0 Å². The Kier molecular flexibility index (Phi) is 8.79. The molecule has 1 heterocycles. The molecule has 2 aromatic carbocycles. The Morgan fingerprint density at radius 1 is 1.12 bits per heavy atom. The molecule has 1 aromatic heterocycles. The number of hydrogen-bond acceptors (Lipinski definition) is 8. The second-order valence-electron chi connectivity index (χ2n) is 6.79. The molecule has 0 saturated heterocycles. The highest BCUT2D eigenvalue weighted by molar-refractivity contribution is 7.15. The summed E-state index contributed by atoms with van der Waals surface area (Å²) in [5.74, 6) is 1.37. The molecule has 0 aliphatic rings. The van der Waals surface area contributed by atoms with E-state index < -0.39 is 5.91 Å². The van der Waals surface area contributed by atoms with Crippen LogP contribution in [-0.2, 0) is 11.2 Å². The minimum absolute atomic E-state index is 0.0640. The number of rotatable bonds is 11. The number of carbonyl (C=O) groups excluding carboxylic acids is 1. The maximum atomic E-state index is 12.6. The van der Waals surface area contributed by atoms with E-state index in [9.17, 15) is 10.1 Å². The Morgan fingerprint density at radius 3 is 2.70 bits per heavy atom. The predicted molar refractivity (Wildman–Crippen MR) is 127 cm³/mol. The number of hydrogen-bond donors (Lipinski definition) is 1. The largest absolute Gasteiger partial charge is 0.497 e. The quantitative estimate of drug-likeness (QED) is 0.253. The minimum Gasteiger partial charge on any atom is -0.497 e. The first-order valence-electron chi connectivity index (χ1n) is 10.4. The Balaban J connectivity index is 1.62. The van der Waals surface area contributed by atoms with Crippen LogP contribution in [0.3, 0.4) is 0 Å². The van der Waals surface area contributed by atoms with E-state index in [0.717, 1.165) is 17.8 Å². The van der Waals surface area contributed by atoms with Gasteiger partial charge in [-0.15, -0.1) is 10.2 Å². The summed E-state index contributed by atoms with van der Waals surface area (Å²) in [6.07, 6.45) is 3.22. The van der Waals surface area contributed by atoms with Gasteiger partial charge in [-0.2, -0.15) is 5.26 Å². The van der Waals surface area contributed by atoms with Gasteiger partial charge in [-0.05, 0) is 30.7 Å². The molecule has 1 amide bonds. The molecule has 0 atom stereocenters. The number of benzene rings is 2. The van der Waals surface area contributed by atoms with E-state index >= 15 is 0 Å². The fourth-order valence-electron chi connectivity index (χ4n) is 2.82. The van der Waals surface area contributed by atoms with Crippen molar-refractivity contribution in [1.29, 1.82) is 5.26 Å². The molecule has 0 aliphatic heterocycles. The summed E-state index contributed by atoms with van der Waals surface area (Å²) >= 11 is 1.30. The zero-order chi connectivity index (χ0) is 23.5. The standard InChI is InChI=1S/C24H24N4O4S/c1-3-7-22-27-28-24(33-22)26-23(29)18(16-25)14-17-8-4-5-11-21(17)32-13-12-31-20-10-6-9-19(15-20)30-2/h4-6,8-11,14-15H,3,7,12-13H2,1-2H3,(H,26,28,29). The number of amides is 1. The van der Waals surface area contributed by atoms with Crippen molar-refractivity contribution in [3.05, 3.63) is 64.7 Å². The predicted octanol–water partition coefficient (Wildman–Crippen LogP) is 4.50. The van der Waals surface area contributed by atoms with Gasteiger partial charge >= 0.3 is 0 Å². The summed E-state index contributed by atoms with van der Waals surface area (Å²) < 4.78 is 16.7. The van der Waals surface area contributed by atoms with E-state index in [4.69, 9.17) is 14.2 Å². The van der Waals surface area contributed by atoms with Gasteiger partial charge in [0.1, 0.15) is 47.1 Å². The lowest BCUT2D eigenvalue weighted by Gasteiger charge is -2.11. The SMILES string of the molecule is CCCc1nnc(NC(=O)C(C#N)=Cc2ccccc2OCCOc2cccc(OC)c2)s1. The zero-order valence-corrected chi connectivity index (χ0v) is 19.2. The minimum atomic E-state index is -0.548. The second-order valence-corrected chi connectivity index (χ2v) is 7.85. The number of aromatic nitrogens is 2. The van der Waals surface area contributed by atoms with Crippen LogP contribution in [0, 0.1) is 11.3 Å². The summed E-state index contributed by atoms with van der Waals surface area (Å²) in [5, 5.41) is 21.3. The fourth-order valence-corrected chi connectivity index (χ4v) is 3.66. The summed E-state index contributed by atoms with van der Waals surface area (Å²) in [6, 6.07) is 16.4. The molecule has 33 heavy (non-hydrogen) atoms. The summed E-state index contributed by atoms with van der Waals surface area (Å²) in [5.41, 5.74) is 0.542. The van der Waals surface area contributed by atoms with Crippen molar-refractivity contribution >= 4 is 28.5 Å². The molecule has 0 bridgehead atoms. The van der Waals surface area contributed by atoms with E-state index in [2.05, 4.69) is 15.5 Å². The number of nitrogens with one attached hydrogen (secondary N) is 1. The van der Waals surface area contributed by atoms with Crippen LogP contribution < -0.4 is 19.5 Å². The maximum absolute atomic E-state index is 12.6. The molecule has 170 valence electrons. The summed E-state index contributed by atoms with van der Waals surface area (Å²) in [6.45, 7) is 2.63. The number of carbonyl (C=O) groups is 1. The van der Waals surface area contributed by atoms with Gasteiger partial charge in [0.25, 0.3) is 5.91 Å².